The molecule has 2 aromatic rings. The summed E-state index contributed by atoms with van der Waals surface area (Å²) >= 11 is 6.85. The second-order valence-electron chi connectivity index (χ2n) is 4.84. The summed E-state index contributed by atoms with van der Waals surface area (Å²) in [4.78, 5) is 0. The van der Waals surface area contributed by atoms with Crippen LogP contribution >= 0.6 is 22.9 Å². The third-order valence-electron chi connectivity index (χ3n) is 3.24. The minimum absolute atomic E-state index is 0.201. The average Bonchev–Trinajstić information content (AvgIpc) is 2.94. The number of fused-ring (bicyclic) bond motifs is 1. The van der Waals surface area contributed by atoms with Gasteiger partial charge in [0.1, 0.15) is 16.9 Å². The van der Waals surface area contributed by atoms with E-state index in [-0.39, 0.29) is 16.9 Å². The predicted octanol–water partition coefficient (Wildman–Crippen LogP) is 2.86. The van der Waals surface area contributed by atoms with Gasteiger partial charge >= 0.3 is 0 Å². The molecule has 0 N–H and O–H groups in total. The van der Waals surface area contributed by atoms with Crippen molar-refractivity contribution < 1.29 is 17.9 Å². The summed E-state index contributed by atoms with van der Waals surface area (Å²) in [6, 6.07) is 10.4. The number of hydrogen-bond acceptors (Lipinski definition) is 5. The lowest BCUT2D eigenvalue weighted by molar-refractivity contribution is 0.0799. The number of sulfonamides is 1. The van der Waals surface area contributed by atoms with Crippen LogP contribution in [0.15, 0.2) is 40.6 Å². The monoisotopic (exact) mass is 359 g/mol. The number of nitrogens with zero attached hydrogens (tertiary/aromatic N) is 1. The average molecular weight is 360 g/mol. The lowest BCUT2D eigenvalue weighted by atomic mass is 10.2. The molecular formula is C14H14ClNO4S2. The fraction of sp³-hybridized carbons (Fsp3) is 0.286. The third-order valence-corrected chi connectivity index (χ3v) is 6.76. The summed E-state index contributed by atoms with van der Waals surface area (Å²) in [6.45, 7) is 0.508. The molecule has 5 nitrogen and oxygen atoms in total. The van der Waals surface area contributed by atoms with Crippen LogP contribution in [0.5, 0.6) is 11.5 Å². The molecule has 0 amide bonds. The van der Waals surface area contributed by atoms with Gasteiger partial charge in [-0.25, -0.2) is 8.42 Å². The standard InChI is InChI=1S/C14H14ClNO4S2/c1-16(22(17,18)14-7-6-13(15)21-14)8-10-9-19-11-4-2-3-5-12(11)20-10/h2-7,10H,8-9H2,1H3/t10-/m0/s1. The molecule has 22 heavy (non-hydrogen) atoms. The van der Waals surface area contributed by atoms with E-state index in [4.69, 9.17) is 21.1 Å². The molecule has 0 saturated carbocycles. The number of para-hydroxylation sites is 2. The molecular weight excluding hydrogens is 346 g/mol. The Morgan fingerprint density at radius 3 is 2.68 bits per heavy atom. The molecule has 1 aromatic heterocycles. The molecule has 1 aliphatic heterocycles. The number of rotatable bonds is 4. The molecule has 0 unspecified atom stereocenters. The van der Waals surface area contributed by atoms with Crippen molar-refractivity contribution in [1.29, 1.82) is 0 Å². The number of ether oxygens (including phenoxy) is 2. The van der Waals surface area contributed by atoms with Crippen LogP contribution in [0, 0.1) is 0 Å². The van der Waals surface area contributed by atoms with Crippen LogP contribution in [-0.2, 0) is 10.0 Å². The second-order valence-corrected chi connectivity index (χ2v) is 8.83. The van der Waals surface area contributed by atoms with Gasteiger partial charge in [-0.05, 0) is 24.3 Å². The normalized spacial score (nSPS) is 17.7. The Labute approximate surface area is 138 Å². The van der Waals surface area contributed by atoms with Gasteiger partial charge in [0.25, 0.3) is 10.0 Å². The highest BCUT2D eigenvalue weighted by Gasteiger charge is 2.28. The fourth-order valence-electron chi connectivity index (χ4n) is 2.13. The van der Waals surface area contributed by atoms with E-state index in [1.165, 1.54) is 17.4 Å². The van der Waals surface area contributed by atoms with E-state index in [0.717, 1.165) is 11.3 Å². The largest absolute Gasteiger partial charge is 0.486 e. The molecule has 3 rings (SSSR count). The Balaban J connectivity index is 1.71. The van der Waals surface area contributed by atoms with Crippen LogP contribution in [0.25, 0.3) is 0 Å². The minimum Gasteiger partial charge on any atom is -0.486 e. The summed E-state index contributed by atoms with van der Waals surface area (Å²) in [7, 11) is -2.04. The highest BCUT2D eigenvalue weighted by molar-refractivity contribution is 7.91. The first-order valence-corrected chi connectivity index (χ1v) is 9.20. The van der Waals surface area contributed by atoms with E-state index in [9.17, 15) is 8.42 Å². The van der Waals surface area contributed by atoms with Crippen molar-refractivity contribution in [3.05, 3.63) is 40.7 Å². The molecule has 0 bridgehead atoms. The third kappa shape index (κ3) is 3.08. The van der Waals surface area contributed by atoms with Gasteiger partial charge in [0.05, 0.1) is 10.9 Å². The van der Waals surface area contributed by atoms with Crippen LogP contribution in [0.2, 0.25) is 4.34 Å². The molecule has 0 spiro atoms. The molecule has 1 aromatic carbocycles. The zero-order chi connectivity index (χ0) is 15.7. The first kappa shape index (κ1) is 15.6. The van der Waals surface area contributed by atoms with Gasteiger partial charge in [-0.2, -0.15) is 4.31 Å². The van der Waals surface area contributed by atoms with Gasteiger partial charge in [0, 0.05) is 7.05 Å². The summed E-state index contributed by atoms with van der Waals surface area (Å²) < 4.78 is 38.2. The van der Waals surface area contributed by atoms with E-state index in [1.54, 1.807) is 12.1 Å². The summed E-state index contributed by atoms with van der Waals surface area (Å²) in [6.07, 6.45) is -0.356. The maximum atomic E-state index is 12.4. The molecule has 0 saturated heterocycles. The molecule has 0 fully saturated rings. The lowest BCUT2D eigenvalue weighted by Gasteiger charge is -2.29. The van der Waals surface area contributed by atoms with Crippen LogP contribution in [0.1, 0.15) is 0 Å². The molecule has 8 heteroatoms. The second kappa shape index (κ2) is 6.08. The lowest BCUT2D eigenvalue weighted by Crippen LogP contribution is -2.41. The zero-order valence-corrected chi connectivity index (χ0v) is 14.1. The number of halogens is 1. The SMILES string of the molecule is CN(C[C@H]1COc2ccccc2O1)S(=O)(=O)c1ccc(Cl)s1. The van der Waals surface area contributed by atoms with Crippen LogP contribution in [-0.4, -0.2) is 39.0 Å². The Morgan fingerprint density at radius 1 is 1.27 bits per heavy atom. The smallest absolute Gasteiger partial charge is 0.252 e. The number of thiophene rings is 1. The van der Waals surface area contributed by atoms with E-state index in [0.29, 0.717) is 22.4 Å². The topological polar surface area (TPSA) is 55.8 Å². The van der Waals surface area contributed by atoms with E-state index >= 15 is 0 Å². The zero-order valence-electron chi connectivity index (χ0n) is 11.7. The van der Waals surface area contributed by atoms with Crippen molar-refractivity contribution >= 4 is 33.0 Å². The van der Waals surface area contributed by atoms with Gasteiger partial charge in [0.15, 0.2) is 11.5 Å². The van der Waals surface area contributed by atoms with Crippen molar-refractivity contribution in [3.63, 3.8) is 0 Å². The maximum absolute atomic E-state index is 12.4. The van der Waals surface area contributed by atoms with Crippen molar-refractivity contribution in [2.45, 2.75) is 10.3 Å². The van der Waals surface area contributed by atoms with Crippen molar-refractivity contribution in [3.8, 4) is 11.5 Å². The fourth-order valence-corrected chi connectivity index (χ4v) is 5.02. The number of hydrogen-bond donors (Lipinski definition) is 0. The molecule has 1 aliphatic rings. The van der Waals surface area contributed by atoms with E-state index < -0.39 is 10.0 Å². The van der Waals surface area contributed by atoms with Crippen molar-refractivity contribution in [1.82, 2.24) is 4.31 Å². The Hall–Kier alpha value is -1.28. The molecule has 1 atom stereocenters. The quantitative estimate of drug-likeness (QED) is 0.842. The van der Waals surface area contributed by atoms with E-state index in [2.05, 4.69) is 0 Å². The number of likely N-dealkylation sites (N-methyl/N-ethyl adjacent to an activating group) is 1. The van der Waals surface area contributed by atoms with Gasteiger partial charge in [-0.1, -0.05) is 23.7 Å². The Morgan fingerprint density at radius 2 is 2.00 bits per heavy atom. The number of benzene rings is 1. The summed E-state index contributed by atoms with van der Waals surface area (Å²) in [5.74, 6) is 1.30. The van der Waals surface area contributed by atoms with Gasteiger partial charge in [-0.15, -0.1) is 11.3 Å². The maximum Gasteiger partial charge on any atom is 0.252 e. The molecule has 0 radical (unpaired) electrons. The van der Waals surface area contributed by atoms with Gasteiger partial charge in [0.2, 0.25) is 0 Å². The highest BCUT2D eigenvalue weighted by Crippen LogP contribution is 2.32. The molecule has 118 valence electrons. The molecule has 2 heterocycles. The summed E-state index contributed by atoms with van der Waals surface area (Å²) in [5.41, 5.74) is 0. The minimum atomic E-state index is -3.56. The predicted molar refractivity (Wildman–Crippen MR) is 85.5 cm³/mol. The van der Waals surface area contributed by atoms with Gasteiger partial charge < -0.3 is 9.47 Å². The first-order chi connectivity index (χ1) is 10.5. The Bertz CT molecular complexity index is 775. The highest BCUT2D eigenvalue weighted by atomic mass is 35.5. The van der Waals surface area contributed by atoms with Crippen LogP contribution in [0.3, 0.4) is 0 Å². The van der Waals surface area contributed by atoms with Gasteiger partial charge in [-0.3, -0.25) is 0 Å². The Kier molecular flexibility index (Phi) is 4.31. The summed E-state index contributed by atoms with van der Waals surface area (Å²) in [5, 5.41) is 0. The van der Waals surface area contributed by atoms with Crippen molar-refractivity contribution in [2.75, 3.05) is 20.2 Å². The first-order valence-electron chi connectivity index (χ1n) is 6.57. The van der Waals surface area contributed by atoms with Crippen molar-refractivity contribution in [2.24, 2.45) is 0 Å². The van der Waals surface area contributed by atoms with Crippen LogP contribution in [0.4, 0.5) is 0 Å². The molecule has 0 aliphatic carbocycles. The van der Waals surface area contributed by atoms with E-state index in [1.807, 2.05) is 18.2 Å². The van der Waals surface area contributed by atoms with Crippen LogP contribution < -0.4 is 9.47 Å².